The first-order valence-corrected chi connectivity index (χ1v) is 7.65. The lowest BCUT2D eigenvalue weighted by Crippen LogP contribution is -1.98. The van der Waals surface area contributed by atoms with Gasteiger partial charge in [-0.05, 0) is 41.3 Å². The Morgan fingerprint density at radius 2 is 1.81 bits per heavy atom. The van der Waals surface area contributed by atoms with Crippen LogP contribution in [0.3, 0.4) is 0 Å². The molecule has 0 radical (unpaired) electrons. The van der Waals surface area contributed by atoms with Crippen LogP contribution in [0, 0.1) is 0 Å². The highest BCUT2D eigenvalue weighted by atomic mass is 79.9. The quantitative estimate of drug-likeness (QED) is 0.344. The maximum Gasteiger partial charge on any atom is 0.139 e. The molecule has 0 amide bonds. The minimum atomic E-state index is 0.580. The van der Waals surface area contributed by atoms with Gasteiger partial charge in [-0.3, -0.25) is 0 Å². The summed E-state index contributed by atoms with van der Waals surface area (Å²) in [5.41, 5.74) is 0. The smallest absolute Gasteiger partial charge is 0.139 e. The normalized spacial score (nSPS) is 10.5. The van der Waals surface area contributed by atoms with E-state index in [2.05, 4.69) is 31.9 Å². The summed E-state index contributed by atoms with van der Waals surface area (Å²) >= 11 is 18.7. The van der Waals surface area contributed by atoms with E-state index in [0.717, 1.165) is 29.1 Å². The fourth-order valence-electron chi connectivity index (χ4n) is 1.17. The molecule has 1 aromatic rings. The first-order valence-electron chi connectivity index (χ1n) is 4.98. The molecule has 0 fully saturated rings. The molecule has 0 atom stereocenters. The van der Waals surface area contributed by atoms with Crippen LogP contribution in [-0.2, 0) is 0 Å². The van der Waals surface area contributed by atoms with Gasteiger partial charge in [-0.25, -0.2) is 0 Å². The first kappa shape index (κ1) is 14.6. The van der Waals surface area contributed by atoms with Gasteiger partial charge >= 0.3 is 0 Å². The number of alkyl halides is 1. The van der Waals surface area contributed by atoms with Crippen LogP contribution in [0.5, 0.6) is 5.75 Å². The van der Waals surface area contributed by atoms with Crippen molar-refractivity contribution >= 4 is 55.1 Å². The van der Waals surface area contributed by atoms with E-state index in [4.69, 9.17) is 27.9 Å². The molecule has 0 unspecified atom stereocenters. The highest BCUT2D eigenvalue weighted by Crippen LogP contribution is 2.34. The molecule has 0 aliphatic rings. The lowest BCUT2D eigenvalue weighted by molar-refractivity contribution is 0.306. The van der Waals surface area contributed by atoms with Crippen molar-refractivity contribution in [1.29, 1.82) is 0 Å². The van der Waals surface area contributed by atoms with Crippen molar-refractivity contribution in [2.45, 2.75) is 19.3 Å². The predicted octanol–water partition coefficient (Wildman–Crippen LogP) is 5.70. The highest BCUT2D eigenvalue weighted by molar-refractivity contribution is 9.10. The number of hydrogen-bond acceptors (Lipinski definition) is 1. The van der Waals surface area contributed by atoms with Crippen LogP contribution in [0.15, 0.2) is 16.6 Å². The molecular formula is C11H12Br2Cl2O. The van der Waals surface area contributed by atoms with Gasteiger partial charge < -0.3 is 4.74 Å². The van der Waals surface area contributed by atoms with E-state index in [1.54, 1.807) is 12.1 Å². The van der Waals surface area contributed by atoms with Crippen LogP contribution in [0.4, 0.5) is 0 Å². The molecular weight excluding hydrogens is 379 g/mol. The third-order valence-electron chi connectivity index (χ3n) is 2.01. The van der Waals surface area contributed by atoms with Gasteiger partial charge in [0.2, 0.25) is 0 Å². The van der Waals surface area contributed by atoms with Crippen molar-refractivity contribution in [1.82, 2.24) is 0 Å². The fraction of sp³-hybridized carbons (Fsp3) is 0.455. The Labute approximate surface area is 123 Å². The van der Waals surface area contributed by atoms with Crippen LogP contribution in [0.1, 0.15) is 19.3 Å². The Kier molecular flexibility index (Phi) is 7.13. The average Bonchev–Trinajstić information content (AvgIpc) is 2.25. The second kappa shape index (κ2) is 7.80. The van der Waals surface area contributed by atoms with Gasteiger partial charge in [0.05, 0.1) is 16.7 Å². The monoisotopic (exact) mass is 388 g/mol. The van der Waals surface area contributed by atoms with E-state index in [1.165, 1.54) is 0 Å². The zero-order valence-electron chi connectivity index (χ0n) is 8.61. The maximum absolute atomic E-state index is 6.02. The molecule has 5 heteroatoms. The molecule has 0 aliphatic heterocycles. The van der Waals surface area contributed by atoms with E-state index < -0.39 is 0 Å². The van der Waals surface area contributed by atoms with E-state index in [9.17, 15) is 0 Å². The van der Waals surface area contributed by atoms with Crippen molar-refractivity contribution in [3.63, 3.8) is 0 Å². The first-order chi connectivity index (χ1) is 7.65. The maximum atomic E-state index is 6.02. The van der Waals surface area contributed by atoms with E-state index >= 15 is 0 Å². The Balaban J connectivity index is 2.45. The van der Waals surface area contributed by atoms with Crippen molar-refractivity contribution in [3.05, 3.63) is 26.7 Å². The van der Waals surface area contributed by atoms with E-state index in [0.29, 0.717) is 22.4 Å². The summed E-state index contributed by atoms with van der Waals surface area (Å²) < 4.78 is 6.35. The van der Waals surface area contributed by atoms with Crippen molar-refractivity contribution in [3.8, 4) is 5.75 Å². The molecule has 0 heterocycles. The zero-order valence-corrected chi connectivity index (χ0v) is 13.3. The molecule has 0 aliphatic carbocycles. The van der Waals surface area contributed by atoms with Gasteiger partial charge in [-0.2, -0.15) is 0 Å². The molecule has 16 heavy (non-hydrogen) atoms. The number of benzene rings is 1. The second-order valence-electron chi connectivity index (χ2n) is 3.29. The number of hydrogen-bond donors (Lipinski definition) is 0. The minimum absolute atomic E-state index is 0.580. The topological polar surface area (TPSA) is 9.23 Å². The van der Waals surface area contributed by atoms with Gasteiger partial charge in [0.15, 0.2) is 0 Å². The van der Waals surface area contributed by atoms with Gasteiger partial charge in [0, 0.05) is 15.9 Å². The Hall–Kier alpha value is 0.560. The molecule has 0 saturated carbocycles. The molecule has 0 saturated heterocycles. The summed E-state index contributed by atoms with van der Waals surface area (Å²) in [6, 6.07) is 3.48. The molecule has 0 N–H and O–H groups in total. The van der Waals surface area contributed by atoms with Crippen LogP contribution in [0.25, 0.3) is 0 Å². The molecule has 1 rings (SSSR count). The van der Waals surface area contributed by atoms with Crippen molar-refractivity contribution in [2.24, 2.45) is 0 Å². The molecule has 1 nitrogen and oxygen atoms in total. The van der Waals surface area contributed by atoms with Crippen LogP contribution < -0.4 is 4.74 Å². The largest absolute Gasteiger partial charge is 0.492 e. The van der Waals surface area contributed by atoms with Gasteiger partial charge in [-0.1, -0.05) is 39.1 Å². The number of ether oxygens (including phenoxy) is 1. The van der Waals surface area contributed by atoms with Gasteiger partial charge in [-0.15, -0.1) is 0 Å². The Morgan fingerprint density at radius 1 is 1.06 bits per heavy atom. The number of rotatable bonds is 6. The third-order valence-corrected chi connectivity index (χ3v) is 4.06. The molecule has 90 valence electrons. The fourth-order valence-corrected chi connectivity index (χ4v) is 2.41. The number of halogens is 4. The van der Waals surface area contributed by atoms with Crippen molar-refractivity contribution < 1.29 is 4.74 Å². The Morgan fingerprint density at radius 3 is 2.50 bits per heavy atom. The summed E-state index contributed by atoms with van der Waals surface area (Å²) in [4.78, 5) is 0. The van der Waals surface area contributed by atoms with E-state index in [-0.39, 0.29) is 0 Å². The summed E-state index contributed by atoms with van der Waals surface area (Å²) in [5.74, 6) is 0.647. The predicted molar refractivity (Wildman–Crippen MR) is 77.3 cm³/mol. The zero-order chi connectivity index (χ0) is 12.0. The van der Waals surface area contributed by atoms with Crippen molar-refractivity contribution in [2.75, 3.05) is 11.9 Å². The van der Waals surface area contributed by atoms with E-state index in [1.807, 2.05) is 0 Å². The average molecular weight is 391 g/mol. The Bertz CT molecular complexity index is 345. The highest BCUT2D eigenvalue weighted by Gasteiger charge is 2.06. The van der Waals surface area contributed by atoms with Gasteiger partial charge in [0.1, 0.15) is 5.75 Å². The standard InChI is InChI=1S/C11H12Br2Cl2O/c12-4-2-1-3-5-16-11-7-9(14)8(13)6-10(11)15/h6-7H,1-5H2. The lowest BCUT2D eigenvalue weighted by atomic mass is 10.3. The summed E-state index contributed by atoms with van der Waals surface area (Å²) in [6.45, 7) is 0.671. The van der Waals surface area contributed by atoms with Crippen LogP contribution >= 0.6 is 55.1 Å². The summed E-state index contributed by atoms with van der Waals surface area (Å²) in [6.07, 6.45) is 3.33. The van der Waals surface area contributed by atoms with Crippen LogP contribution in [-0.4, -0.2) is 11.9 Å². The molecule has 1 aromatic carbocycles. The minimum Gasteiger partial charge on any atom is -0.492 e. The molecule has 0 bridgehead atoms. The second-order valence-corrected chi connectivity index (χ2v) is 5.76. The molecule has 0 spiro atoms. The van der Waals surface area contributed by atoms with Gasteiger partial charge in [0.25, 0.3) is 0 Å². The SMILES string of the molecule is Clc1cc(OCCCCCBr)c(Cl)cc1Br. The summed E-state index contributed by atoms with van der Waals surface area (Å²) in [7, 11) is 0. The third kappa shape index (κ3) is 4.82. The number of unbranched alkanes of at least 4 members (excludes halogenated alkanes) is 2. The lowest BCUT2D eigenvalue weighted by Gasteiger charge is -2.09. The molecule has 0 aromatic heterocycles. The summed E-state index contributed by atoms with van der Waals surface area (Å²) in [5, 5.41) is 2.23. The van der Waals surface area contributed by atoms with Crippen LogP contribution in [0.2, 0.25) is 10.0 Å².